The van der Waals surface area contributed by atoms with E-state index in [0.717, 1.165) is 12.8 Å². The molecular weight excluding hydrogens is 300 g/mol. The van der Waals surface area contributed by atoms with Gasteiger partial charge in [-0.3, -0.25) is 0 Å². The maximum Gasteiger partial charge on any atom is -0.0184 e. The Morgan fingerprint density at radius 3 is 1.64 bits per heavy atom. The summed E-state index contributed by atoms with van der Waals surface area (Å²) in [5.74, 6) is 0. The van der Waals surface area contributed by atoms with E-state index in [1.54, 1.807) is 0 Å². The Bertz CT molecular complexity index is 589. The zero-order chi connectivity index (χ0) is 17.7. The minimum atomic E-state index is 1.05. The Hall–Kier alpha value is -1.82. The van der Waals surface area contributed by atoms with Crippen molar-refractivity contribution < 1.29 is 0 Å². The third kappa shape index (κ3) is 7.30. The van der Waals surface area contributed by atoms with Crippen LogP contribution in [0.15, 0.2) is 61.2 Å². The molecule has 0 saturated carbocycles. The summed E-state index contributed by atoms with van der Waals surface area (Å²) in [5, 5.41) is 0. The lowest BCUT2D eigenvalue weighted by atomic mass is 9.99. The first-order valence-electron chi connectivity index (χ1n) is 10.1. The van der Waals surface area contributed by atoms with Gasteiger partial charge in [0.2, 0.25) is 0 Å². The molecule has 0 amide bonds. The third-order valence-electron chi connectivity index (χ3n) is 4.95. The molecule has 25 heavy (non-hydrogen) atoms. The first-order valence-corrected chi connectivity index (χ1v) is 10.1. The van der Waals surface area contributed by atoms with Gasteiger partial charge >= 0.3 is 0 Å². The van der Waals surface area contributed by atoms with Crippen LogP contribution in [0.2, 0.25) is 0 Å². The molecule has 0 unspecified atom stereocenters. The average molecular weight is 335 g/mol. The summed E-state index contributed by atoms with van der Waals surface area (Å²) < 4.78 is 0. The second-order valence-electron chi connectivity index (χ2n) is 7.09. The largest absolute Gasteiger partial charge is 0.103 e. The van der Waals surface area contributed by atoms with Gasteiger partial charge in [-0.25, -0.2) is 0 Å². The lowest BCUT2D eigenvalue weighted by Crippen LogP contribution is -1.88. The molecule has 0 nitrogen and oxygen atoms in total. The molecule has 0 fully saturated rings. The molecule has 0 heterocycles. The molecule has 0 heteroatoms. The molecule has 0 aliphatic rings. The summed E-state index contributed by atoms with van der Waals surface area (Å²) in [6.45, 7) is 6.07. The SMILES string of the molecule is C=CCCc1ccc(-c2ccc(CCCCCCCCC)cc2)cc1. The van der Waals surface area contributed by atoms with Gasteiger partial charge in [-0.15, -0.1) is 6.58 Å². The molecule has 0 N–H and O–H groups in total. The van der Waals surface area contributed by atoms with E-state index >= 15 is 0 Å². The van der Waals surface area contributed by atoms with Crippen molar-refractivity contribution >= 4 is 0 Å². The molecule has 2 aromatic carbocycles. The van der Waals surface area contributed by atoms with Gasteiger partial charge in [-0.05, 0) is 47.9 Å². The van der Waals surface area contributed by atoms with Crippen LogP contribution in [0.1, 0.15) is 69.4 Å². The Morgan fingerprint density at radius 2 is 1.12 bits per heavy atom. The van der Waals surface area contributed by atoms with Crippen molar-refractivity contribution in [1.82, 2.24) is 0 Å². The van der Waals surface area contributed by atoms with Crippen LogP contribution < -0.4 is 0 Å². The average Bonchev–Trinajstić information content (AvgIpc) is 2.66. The highest BCUT2D eigenvalue weighted by molar-refractivity contribution is 5.63. The molecule has 0 aliphatic carbocycles. The number of aryl methyl sites for hydroxylation is 2. The Morgan fingerprint density at radius 1 is 0.640 bits per heavy atom. The first kappa shape index (κ1) is 19.5. The first-order chi connectivity index (χ1) is 12.3. The lowest BCUT2D eigenvalue weighted by molar-refractivity contribution is 0.589. The van der Waals surface area contributed by atoms with Gasteiger partial charge in [0.15, 0.2) is 0 Å². The van der Waals surface area contributed by atoms with Crippen LogP contribution in [0.4, 0.5) is 0 Å². The molecule has 0 radical (unpaired) electrons. The van der Waals surface area contributed by atoms with Gasteiger partial charge in [0.05, 0.1) is 0 Å². The quantitative estimate of drug-likeness (QED) is 0.275. The highest BCUT2D eigenvalue weighted by Gasteiger charge is 2.00. The van der Waals surface area contributed by atoms with Crippen LogP contribution in [0, 0.1) is 0 Å². The van der Waals surface area contributed by atoms with Crippen LogP contribution in [0.5, 0.6) is 0 Å². The molecule has 0 aromatic heterocycles. The normalized spacial score (nSPS) is 10.8. The van der Waals surface area contributed by atoms with E-state index in [4.69, 9.17) is 0 Å². The van der Waals surface area contributed by atoms with E-state index in [9.17, 15) is 0 Å². The molecule has 0 saturated heterocycles. The zero-order valence-electron chi connectivity index (χ0n) is 16.0. The fourth-order valence-corrected chi connectivity index (χ4v) is 3.28. The van der Waals surface area contributed by atoms with E-state index < -0.39 is 0 Å². The van der Waals surface area contributed by atoms with E-state index in [-0.39, 0.29) is 0 Å². The predicted octanol–water partition coefficient (Wildman–Crippen LogP) is 7.77. The van der Waals surface area contributed by atoms with Gasteiger partial charge in [-0.2, -0.15) is 0 Å². The highest BCUT2D eigenvalue weighted by atomic mass is 14.1. The molecule has 134 valence electrons. The van der Waals surface area contributed by atoms with Crippen LogP contribution in [-0.2, 0) is 12.8 Å². The van der Waals surface area contributed by atoms with Gasteiger partial charge < -0.3 is 0 Å². The Kier molecular flexibility index (Phi) is 9.12. The number of hydrogen-bond acceptors (Lipinski definition) is 0. The molecule has 0 aliphatic heterocycles. The van der Waals surface area contributed by atoms with Crippen LogP contribution in [0.3, 0.4) is 0 Å². The fraction of sp³-hybridized carbons (Fsp3) is 0.440. The monoisotopic (exact) mass is 334 g/mol. The summed E-state index contributed by atoms with van der Waals surface area (Å²) in [5.41, 5.74) is 5.49. The fourth-order valence-electron chi connectivity index (χ4n) is 3.28. The molecule has 2 aromatic rings. The number of hydrogen-bond donors (Lipinski definition) is 0. The number of unbranched alkanes of at least 4 members (excludes halogenated alkanes) is 6. The summed E-state index contributed by atoms with van der Waals surface area (Å²) in [6.07, 6.45) is 15.0. The van der Waals surface area contributed by atoms with E-state index in [0.29, 0.717) is 0 Å². The minimum absolute atomic E-state index is 1.05. The Balaban J connectivity index is 1.76. The van der Waals surface area contributed by atoms with Crippen molar-refractivity contribution in [2.75, 3.05) is 0 Å². The number of benzene rings is 2. The van der Waals surface area contributed by atoms with Crippen molar-refractivity contribution in [3.05, 3.63) is 72.3 Å². The minimum Gasteiger partial charge on any atom is -0.103 e. The van der Waals surface area contributed by atoms with Gasteiger partial charge in [0.1, 0.15) is 0 Å². The van der Waals surface area contributed by atoms with Gasteiger partial charge in [0.25, 0.3) is 0 Å². The lowest BCUT2D eigenvalue weighted by Gasteiger charge is -2.06. The summed E-state index contributed by atoms with van der Waals surface area (Å²) >= 11 is 0. The highest BCUT2D eigenvalue weighted by Crippen LogP contribution is 2.21. The van der Waals surface area contributed by atoms with Crippen LogP contribution in [-0.4, -0.2) is 0 Å². The summed E-state index contributed by atoms with van der Waals surface area (Å²) in [4.78, 5) is 0. The van der Waals surface area contributed by atoms with Crippen molar-refractivity contribution in [3.63, 3.8) is 0 Å². The van der Waals surface area contributed by atoms with Crippen molar-refractivity contribution in [3.8, 4) is 11.1 Å². The molecule has 0 atom stereocenters. The van der Waals surface area contributed by atoms with Gasteiger partial charge in [-0.1, -0.05) is 100 Å². The second kappa shape index (κ2) is 11.7. The van der Waals surface area contributed by atoms with Crippen LogP contribution >= 0.6 is 0 Å². The number of allylic oxidation sites excluding steroid dienone is 1. The zero-order valence-corrected chi connectivity index (χ0v) is 16.0. The van der Waals surface area contributed by atoms with Crippen molar-refractivity contribution in [2.45, 2.75) is 71.1 Å². The van der Waals surface area contributed by atoms with E-state index in [2.05, 4.69) is 62.0 Å². The standard InChI is InChI=1S/C25H34/c1-3-5-7-8-9-10-11-13-23-16-20-25(21-17-23)24-18-14-22(15-19-24)12-6-4-2/h4,14-21H,2-3,5-13H2,1H3. The second-order valence-corrected chi connectivity index (χ2v) is 7.09. The number of rotatable bonds is 12. The molecule has 0 spiro atoms. The maximum atomic E-state index is 3.79. The van der Waals surface area contributed by atoms with Crippen molar-refractivity contribution in [2.24, 2.45) is 0 Å². The molecule has 0 bridgehead atoms. The summed E-state index contributed by atoms with van der Waals surface area (Å²) in [6, 6.07) is 18.1. The molecular formula is C25H34. The maximum absolute atomic E-state index is 3.79. The van der Waals surface area contributed by atoms with E-state index in [1.807, 2.05) is 6.08 Å². The van der Waals surface area contributed by atoms with Gasteiger partial charge in [0, 0.05) is 0 Å². The summed E-state index contributed by atoms with van der Waals surface area (Å²) in [7, 11) is 0. The van der Waals surface area contributed by atoms with Crippen molar-refractivity contribution in [1.29, 1.82) is 0 Å². The topological polar surface area (TPSA) is 0 Å². The molecule has 2 rings (SSSR count). The predicted molar refractivity (Wildman–Crippen MR) is 112 cm³/mol. The Labute approximate surface area is 155 Å². The smallest absolute Gasteiger partial charge is 0.0184 e. The third-order valence-corrected chi connectivity index (χ3v) is 4.95. The van der Waals surface area contributed by atoms with E-state index in [1.165, 1.54) is 73.6 Å². The van der Waals surface area contributed by atoms with Crippen LogP contribution in [0.25, 0.3) is 11.1 Å².